The third-order valence-electron chi connectivity index (χ3n) is 7.16. The molecule has 5 rings (SSSR count). The Bertz CT molecular complexity index is 1430. The highest BCUT2D eigenvalue weighted by Gasteiger charge is 2.29. The van der Waals surface area contributed by atoms with E-state index >= 15 is 0 Å². The zero-order chi connectivity index (χ0) is 24.7. The second-order valence-corrected chi connectivity index (χ2v) is 11.7. The van der Waals surface area contributed by atoms with Crippen molar-refractivity contribution in [3.8, 4) is 0 Å². The molecule has 0 bridgehead atoms. The summed E-state index contributed by atoms with van der Waals surface area (Å²) in [5.41, 5.74) is 3.15. The Morgan fingerprint density at radius 3 is 2.54 bits per heavy atom. The number of hydrogen-bond donors (Lipinski definition) is 1. The molecule has 3 aromatic rings. The number of nitrogens with zero attached hydrogens (tertiary/aromatic N) is 3. The van der Waals surface area contributed by atoms with Crippen LogP contribution >= 0.6 is 0 Å². The molecule has 0 spiro atoms. The molecule has 1 fully saturated rings. The second-order valence-electron chi connectivity index (χ2n) is 9.81. The molecule has 1 aliphatic heterocycles. The molecule has 2 aromatic carbocycles. The molecule has 1 atom stereocenters. The first-order chi connectivity index (χ1) is 16.8. The maximum atomic E-state index is 13.4. The standard InChI is InChI=1S/C26H32N4O4S/c1-18(2)30-23-13-12-20(35(33,34)28-14-5-6-15-28)16-24(23)29(26(30)32)17-25(31)27-22-11-7-9-19-8-3-4-10-21(19)22/h3-4,8,10,12-13,16,18,22H,5-7,9,11,14-15,17H2,1-2H3,(H,27,31). The van der Waals surface area contributed by atoms with Crippen LogP contribution in [0.25, 0.3) is 11.0 Å². The molecule has 1 N–H and O–H groups in total. The molecule has 1 amide bonds. The maximum absolute atomic E-state index is 13.4. The van der Waals surface area contributed by atoms with Crippen molar-refractivity contribution in [1.82, 2.24) is 18.8 Å². The van der Waals surface area contributed by atoms with Crippen LogP contribution in [0.3, 0.4) is 0 Å². The van der Waals surface area contributed by atoms with Gasteiger partial charge in [-0.15, -0.1) is 0 Å². The van der Waals surface area contributed by atoms with Crippen molar-refractivity contribution in [3.63, 3.8) is 0 Å². The molecule has 35 heavy (non-hydrogen) atoms. The molecular weight excluding hydrogens is 464 g/mol. The lowest BCUT2D eigenvalue weighted by Crippen LogP contribution is -2.36. The summed E-state index contributed by atoms with van der Waals surface area (Å²) >= 11 is 0. The number of aryl methyl sites for hydroxylation is 1. The summed E-state index contributed by atoms with van der Waals surface area (Å²) in [7, 11) is -3.65. The van der Waals surface area contributed by atoms with Crippen LogP contribution in [0.5, 0.6) is 0 Å². The number of rotatable bonds is 6. The van der Waals surface area contributed by atoms with Gasteiger partial charge in [0, 0.05) is 19.1 Å². The van der Waals surface area contributed by atoms with Crippen LogP contribution in [-0.2, 0) is 27.8 Å². The third kappa shape index (κ3) is 4.31. The fraction of sp³-hybridized carbons (Fsp3) is 0.462. The van der Waals surface area contributed by atoms with E-state index < -0.39 is 10.0 Å². The summed E-state index contributed by atoms with van der Waals surface area (Å²) in [6.07, 6.45) is 4.54. The van der Waals surface area contributed by atoms with Gasteiger partial charge in [-0.2, -0.15) is 4.31 Å². The van der Waals surface area contributed by atoms with Crippen molar-refractivity contribution >= 4 is 27.0 Å². The molecule has 186 valence electrons. The molecule has 2 heterocycles. The summed E-state index contributed by atoms with van der Waals surface area (Å²) in [6, 6.07) is 12.7. The van der Waals surface area contributed by atoms with E-state index in [0.29, 0.717) is 24.1 Å². The number of carbonyl (C=O) groups excluding carboxylic acids is 1. The molecule has 0 radical (unpaired) electrons. The highest BCUT2D eigenvalue weighted by Crippen LogP contribution is 2.30. The van der Waals surface area contributed by atoms with Crippen LogP contribution < -0.4 is 11.0 Å². The van der Waals surface area contributed by atoms with E-state index in [1.165, 1.54) is 14.4 Å². The molecule has 1 aromatic heterocycles. The van der Waals surface area contributed by atoms with Gasteiger partial charge in [-0.05, 0) is 75.3 Å². The number of fused-ring (bicyclic) bond motifs is 2. The lowest BCUT2D eigenvalue weighted by atomic mass is 9.88. The zero-order valence-corrected chi connectivity index (χ0v) is 21.1. The Balaban J connectivity index is 1.50. The van der Waals surface area contributed by atoms with Crippen LogP contribution in [0.2, 0.25) is 0 Å². The molecular formula is C26H32N4O4S. The van der Waals surface area contributed by atoms with Gasteiger partial charge >= 0.3 is 5.69 Å². The average Bonchev–Trinajstić information content (AvgIpc) is 3.47. The predicted molar refractivity (Wildman–Crippen MR) is 135 cm³/mol. The molecule has 9 heteroatoms. The first-order valence-corrected chi connectivity index (χ1v) is 13.8. The number of imidazole rings is 1. The number of amides is 1. The minimum Gasteiger partial charge on any atom is -0.348 e. The summed E-state index contributed by atoms with van der Waals surface area (Å²) in [5.74, 6) is -0.260. The Hall–Kier alpha value is -2.91. The fourth-order valence-electron chi connectivity index (χ4n) is 5.44. The number of benzene rings is 2. The van der Waals surface area contributed by atoms with E-state index in [1.807, 2.05) is 32.0 Å². The van der Waals surface area contributed by atoms with Crippen LogP contribution in [-0.4, -0.2) is 40.9 Å². The van der Waals surface area contributed by atoms with E-state index in [4.69, 9.17) is 0 Å². The summed E-state index contributed by atoms with van der Waals surface area (Å²) < 4.78 is 30.8. The average molecular weight is 497 g/mol. The predicted octanol–water partition coefficient (Wildman–Crippen LogP) is 3.36. The van der Waals surface area contributed by atoms with Gasteiger partial charge in [-0.3, -0.25) is 13.9 Å². The van der Waals surface area contributed by atoms with Gasteiger partial charge in [0.1, 0.15) is 6.54 Å². The van der Waals surface area contributed by atoms with Crippen molar-refractivity contribution in [3.05, 3.63) is 64.1 Å². The van der Waals surface area contributed by atoms with Gasteiger partial charge in [0.05, 0.1) is 22.0 Å². The SMILES string of the molecule is CC(C)n1c(=O)n(CC(=O)NC2CCCc3ccccc32)c2cc(S(=O)(=O)N3CCCC3)ccc21. The molecule has 1 saturated heterocycles. The molecule has 2 aliphatic rings. The number of sulfonamides is 1. The van der Waals surface area contributed by atoms with Crippen molar-refractivity contribution in [2.24, 2.45) is 0 Å². The van der Waals surface area contributed by atoms with E-state index in [9.17, 15) is 18.0 Å². The number of nitrogens with one attached hydrogen (secondary N) is 1. The van der Waals surface area contributed by atoms with Gasteiger partial charge < -0.3 is 5.32 Å². The van der Waals surface area contributed by atoms with Crippen LogP contribution in [0.1, 0.15) is 62.7 Å². The van der Waals surface area contributed by atoms with E-state index in [1.54, 1.807) is 22.8 Å². The van der Waals surface area contributed by atoms with E-state index in [0.717, 1.165) is 37.7 Å². The number of carbonyl (C=O) groups is 1. The first-order valence-electron chi connectivity index (χ1n) is 12.4. The highest BCUT2D eigenvalue weighted by atomic mass is 32.2. The van der Waals surface area contributed by atoms with Crippen LogP contribution in [0.15, 0.2) is 52.2 Å². The van der Waals surface area contributed by atoms with Crippen molar-refractivity contribution in [2.75, 3.05) is 13.1 Å². The maximum Gasteiger partial charge on any atom is 0.329 e. The summed E-state index contributed by atoms with van der Waals surface area (Å²) in [6.45, 7) is 4.65. The van der Waals surface area contributed by atoms with Gasteiger partial charge in [0.2, 0.25) is 15.9 Å². The lowest BCUT2D eigenvalue weighted by molar-refractivity contribution is -0.122. The molecule has 8 nitrogen and oxygen atoms in total. The number of hydrogen-bond acceptors (Lipinski definition) is 4. The minimum absolute atomic E-state index is 0.0901. The van der Waals surface area contributed by atoms with Gasteiger partial charge in [-0.25, -0.2) is 13.2 Å². The largest absolute Gasteiger partial charge is 0.348 e. The quantitative estimate of drug-likeness (QED) is 0.566. The van der Waals surface area contributed by atoms with Crippen LogP contribution in [0, 0.1) is 0 Å². The van der Waals surface area contributed by atoms with Crippen molar-refractivity contribution in [2.45, 2.75) is 69.5 Å². The first kappa shape index (κ1) is 23.8. The summed E-state index contributed by atoms with van der Waals surface area (Å²) in [5, 5.41) is 3.11. The van der Waals surface area contributed by atoms with Gasteiger partial charge in [0.25, 0.3) is 0 Å². The van der Waals surface area contributed by atoms with Crippen molar-refractivity contribution in [1.29, 1.82) is 0 Å². The monoisotopic (exact) mass is 496 g/mol. The Labute approximate surface area is 205 Å². The highest BCUT2D eigenvalue weighted by molar-refractivity contribution is 7.89. The zero-order valence-electron chi connectivity index (χ0n) is 20.2. The molecule has 1 unspecified atom stereocenters. The normalized spacial score (nSPS) is 18.8. The van der Waals surface area contributed by atoms with E-state index in [2.05, 4.69) is 11.4 Å². The van der Waals surface area contributed by atoms with Gasteiger partial charge in [-0.1, -0.05) is 24.3 Å². The smallest absolute Gasteiger partial charge is 0.329 e. The fourth-order valence-corrected chi connectivity index (χ4v) is 6.97. The molecule has 0 saturated carbocycles. The van der Waals surface area contributed by atoms with Crippen molar-refractivity contribution < 1.29 is 13.2 Å². The van der Waals surface area contributed by atoms with E-state index in [-0.39, 0.29) is 35.1 Å². The number of aromatic nitrogens is 2. The Kier molecular flexibility index (Phi) is 6.31. The van der Waals surface area contributed by atoms with Gasteiger partial charge in [0.15, 0.2) is 0 Å². The van der Waals surface area contributed by atoms with Crippen LogP contribution in [0.4, 0.5) is 0 Å². The Morgan fingerprint density at radius 2 is 1.80 bits per heavy atom. The molecule has 1 aliphatic carbocycles. The topological polar surface area (TPSA) is 93.4 Å². The Morgan fingerprint density at radius 1 is 1.06 bits per heavy atom. The lowest BCUT2D eigenvalue weighted by Gasteiger charge is -2.26. The summed E-state index contributed by atoms with van der Waals surface area (Å²) in [4.78, 5) is 26.7. The minimum atomic E-state index is -3.65. The third-order valence-corrected chi connectivity index (χ3v) is 9.05. The second kappa shape index (κ2) is 9.28.